The minimum absolute atomic E-state index is 0.192. The zero-order valence-corrected chi connectivity index (χ0v) is 19.1. The van der Waals surface area contributed by atoms with Gasteiger partial charge in [0, 0.05) is 35.9 Å². The molecule has 0 amide bonds. The molecule has 1 saturated carbocycles. The SMILES string of the molecule is Fc1ccc(C[N+]2(Cc3ccc(F)cc3)CCC(CNC3CC3c3ccccc3)CC2)cc1. The van der Waals surface area contributed by atoms with E-state index in [4.69, 9.17) is 0 Å². The van der Waals surface area contributed by atoms with E-state index >= 15 is 0 Å². The first-order valence-corrected chi connectivity index (χ1v) is 12.2. The van der Waals surface area contributed by atoms with Crippen LogP contribution in [0.2, 0.25) is 0 Å². The number of likely N-dealkylation sites (tertiary alicyclic amines) is 1. The van der Waals surface area contributed by atoms with Crippen LogP contribution in [0.4, 0.5) is 8.78 Å². The van der Waals surface area contributed by atoms with Crippen molar-refractivity contribution in [3.05, 3.63) is 107 Å². The summed E-state index contributed by atoms with van der Waals surface area (Å²) >= 11 is 0. The van der Waals surface area contributed by atoms with Gasteiger partial charge in [0.15, 0.2) is 0 Å². The van der Waals surface area contributed by atoms with E-state index in [0.29, 0.717) is 17.9 Å². The van der Waals surface area contributed by atoms with Gasteiger partial charge >= 0.3 is 0 Å². The molecule has 2 fully saturated rings. The molecule has 1 heterocycles. The van der Waals surface area contributed by atoms with Gasteiger partial charge in [-0.15, -0.1) is 0 Å². The number of nitrogens with zero attached hydrogens (tertiary/aromatic N) is 1. The summed E-state index contributed by atoms with van der Waals surface area (Å²) < 4.78 is 27.8. The molecule has 3 aromatic carbocycles. The molecule has 1 aliphatic heterocycles. The number of nitrogens with one attached hydrogen (secondary N) is 1. The molecule has 2 atom stereocenters. The second-order valence-corrected chi connectivity index (χ2v) is 10.1. The molecule has 1 aliphatic carbocycles. The summed E-state index contributed by atoms with van der Waals surface area (Å²) in [5.74, 6) is 0.973. The van der Waals surface area contributed by atoms with Crippen molar-refractivity contribution in [3.8, 4) is 0 Å². The van der Waals surface area contributed by atoms with Crippen molar-refractivity contribution in [2.24, 2.45) is 5.92 Å². The monoisotopic (exact) mass is 447 g/mol. The highest BCUT2D eigenvalue weighted by Crippen LogP contribution is 2.41. The van der Waals surface area contributed by atoms with Crippen molar-refractivity contribution in [1.29, 1.82) is 0 Å². The van der Waals surface area contributed by atoms with Crippen molar-refractivity contribution in [2.45, 2.75) is 44.3 Å². The molecule has 0 bridgehead atoms. The second kappa shape index (κ2) is 9.74. The lowest BCUT2D eigenvalue weighted by molar-refractivity contribution is -0.958. The number of piperidine rings is 1. The lowest BCUT2D eigenvalue weighted by Gasteiger charge is -2.44. The van der Waals surface area contributed by atoms with Gasteiger partial charge in [-0.3, -0.25) is 0 Å². The van der Waals surface area contributed by atoms with E-state index in [-0.39, 0.29) is 11.6 Å². The predicted molar refractivity (Wildman–Crippen MR) is 129 cm³/mol. The standard InChI is InChI=1S/C29H33F2N2/c30-26-10-6-23(7-11-26)20-33(21-24-8-12-27(31)13-9-24)16-14-22(15-17-33)19-32-29-18-28(29)25-4-2-1-3-5-25/h1-13,22,28-29,32H,14-21H2/q+1. The smallest absolute Gasteiger partial charge is 0.123 e. The van der Waals surface area contributed by atoms with Crippen LogP contribution in [0.15, 0.2) is 78.9 Å². The Balaban J connectivity index is 1.20. The lowest BCUT2D eigenvalue weighted by Crippen LogP contribution is -2.52. The van der Waals surface area contributed by atoms with Crippen LogP contribution in [0.1, 0.15) is 41.9 Å². The fraction of sp³-hybridized carbons (Fsp3) is 0.379. The van der Waals surface area contributed by atoms with Crippen molar-refractivity contribution >= 4 is 0 Å². The van der Waals surface area contributed by atoms with Crippen molar-refractivity contribution in [3.63, 3.8) is 0 Å². The average molecular weight is 448 g/mol. The minimum atomic E-state index is -0.192. The zero-order valence-electron chi connectivity index (χ0n) is 19.1. The van der Waals surface area contributed by atoms with Gasteiger partial charge < -0.3 is 9.80 Å². The molecule has 1 N–H and O–H groups in total. The van der Waals surface area contributed by atoms with Crippen LogP contribution in [-0.4, -0.2) is 30.2 Å². The number of halogens is 2. The summed E-state index contributed by atoms with van der Waals surface area (Å²) in [6.07, 6.45) is 3.60. The van der Waals surface area contributed by atoms with E-state index in [0.717, 1.165) is 37.2 Å². The maximum Gasteiger partial charge on any atom is 0.123 e. The Morgan fingerprint density at radius 2 is 1.27 bits per heavy atom. The van der Waals surface area contributed by atoms with Crippen LogP contribution in [0.5, 0.6) is 0 Å². The van der Waals surface area contributed by atoms with Gasteiger partial charge in [-0.25, -0.2) is 8.78 Å². The van der Waals surface area contributed by atoms with Crippen molar-refractivity contribution in [1.82, 2.24) is 5.32 Å². The molecule has 2 unspecified atom stereocenters. The molecule has 172 valence electrons. The third-order valence-electron chi connectivity index (χ3n) is 7.57. The highest BCUT2D eigenvalue weighted by Gasteiger charge is 2.39. The van der Waals surface area contributed by atoms with Crippen LogP contribution in [0.25, 0.3) is 0 Å². The number of hydrogen-bond acceptors (Lipinski definition) is 1. The van der Waals surface area contributed by atoms with E-state index in [1.54, 1.807) is 24.3 Å². The maximum absolute atomic E-state index is 13.4. The van der Waals surface area contributed by atoms with Gasteiger partial charge in [0.2, 0.25) is 0 Å². The Hall–Kier alpha value is -2.56. The quantitative estimate of drug-likeness (QED) is 0.415. The number of rotatable bonds is 8. The van der Waals surface area contributed by atoms with Crippen LogP contribution in [-0.2, 0) is 13.1 Å². The Morgan fingerprint density at radius 3 is 1.82 bits per heavy atom. The molecule has 0 spiro atoms. The Labute approximate surface area is 195 Å². The second-order valence-electron chi connectivity index (χ2n) is 10.1. The third kappa shape index (κ3) is 5.69. The molecule has 5 rings (SSSR count). The highest BCUT2D eigenvalue weighted by atomic mass is 19.1. The van der Waals surface area contributed by atoms with E-state index in [9.17, 15) is 8.78 Å². The largest absolute Gasteiger partial charge is 0.316 e. The normalized spacial score (nSPS) is 22.2. The summed E-state index contributed by atoms with van der Waals surface area (Å²) in [6.45, 7) is 5.04. The summed E-state index contributed by atoms with van der Waals surface area (Å²) in [7, 11) is 0. The van der Waals surface area contributed by atoms with Gasteiger partial charge in [0.25, 0.3) is 0 Å². The fourth-order valence-corrected chi connectivity index (χ4v) is 5.51. The van der Waals surface area contributed by atoms with Crippen LogP contribution < -0.4 is 5.32 Å². The van der Waals surface area contributed by atoms with Gasteiger partial charge in [-0.2, -0.15) is 0 Å². The summed E-state index contributed by atoms with van der Waals surface area (Å²) in [6, 6.07) is 25.3. The Morgan fingerprint density at radius 1 is 0.727 bits per heavy atom. The molecular weight excluding hydrogens is 414 g/mol. The van der Waals surface area contributed by atoms with Crippen LogP contribution in [0, 0.1) is 17.6 Å². The van der Waals surface area contributed by atoms with Crippen LogP contribution in [0.3, 0.4) is 0 Å². The third-order valence-corrected chi connectivity index (χ3v) is 7.57. The maximum atomic E-state index is 13.4. The average Bonchev–Trinajstić information content (AvgIpc) is 3.62. The first-order chi connectivity index (χ1) is 16.1. The zero-order chi connectivity index (χ0) is 22.7. The molecule has 2 nitrogen and oxygen atoms in total. The molecule has 0 radical (unpaired) electrons. The van der Waals surface area contributed by atoms with Gasteiger partial charge in [0.05, 0.1) is 13.1 Å². The van der Waals surface area contributed by atoms with E-state index in [2.05, 4.69) is 35.6 Å². The lowest BCUT2D eigenvalue weighted by atomic mass is 9.93. The fourth-order valence-electron chi connectivity index (χ4n) is 5.51. The van der Waals surface area contributed by atoms with E-state index < -0.39 is 0 Å². The number of benzene rings is 3. The van der Waals surface area contributed by atoms with Crippen molar-refractivity contribution < 1.29 is 13.3 Å². The Kier molecular flexibility index (Phi) is 6.57. The molecule has 4 heteroatoms. The summed E-state index contributed by atoms with van der Waals surface area (Å²) in [5.41, 5.74) is 3.78. The first kappa shape index (κ1) is 22.2. The van der Waals surface area contributed by atoms with Gasteiger partial charge in [0.1, 0.15) is 24.7 Å². The van der Waals surface area contributed by atoms with E-state index in [1.165, 1.54) is 36.0 Å². The number of quaternary nitrogens is 1. The molecule has 1 saturated heterocycles. The topological polar surface area (TPSA) is 12.0 Å². The molecular formula is C29H33F2N2+. The molecule has 33 heavy (non-hydrogen) atoms. The van der Waals surface area contributed by atoms with Crippen LogP contribution >= 0.6 is 0 Å². The Bertz CT molecular complexity index is 976. The summed E-state index contributed by atoms with van der Waals surface area (Å²) in [5, 5.41) is 3.82. The van der Waals surface area contributed by atoms with Gasteiger partial charge in [-0.05, 0) is 48.7 Å². The summed E-state index contributed by atoms with van der Waals surface area (Å²) in [4.78, 5) is 0. The first-order valence-electron chi connectivity index (χ1n) is 12.2. The molecule has 2 aliphatic rings. The highest BCUT2D eigenvalue weighted by molar-refractivity contribution is 5.27. The predicted octanol–water partition coefficient (Wildman–Crippen LogP) is 6.04. The minimum Gasteiger partial charge on any atom is -0.316 e. The van der Waals surface area contributed by atoms with Crippen molar-refractivity contribution in [2.75, 3.05) is 19.6 Å². The van der Waals surface area contributed by atoms with E-state index in [1.807, 2.05) is 24.3 Å². The number of hydrogen-bond donors (Lipinski definition) is 1. The molecule has 3 aromatic rings. The molecule has 0 aromatic heterocycles. The van der Waals surface area contributed by atoms with Gasteiger partial charge in [-0.1, -0.05) is 54.6 Å².